The first-order valence-corrected chi connectivity index (χ1v) is 6.90. The van der Waals surface area contributed by atoms with Crippen molar-refractivity contribution in [2.45, 2.75) is 38.1 Å². The Balaban J connectivity index is 1.67. The molecule has 2 aliphatic heterocycles. The summed E-state index contributed by atoms with van der Waals surface area (Å²) in [6.45, 7) is 5.19. The van der Waals surface area contributed by atoms with Crippen LogP contribution in [0.4, 0.5) is 0 Å². The Morgan fingerprint density at radius 2 is 2.06 bits per heavy atom. The Bertz CT molecular complexity index is 252. The van der Waals surface area contributed by atoms with Gasteiger partial charge in [0.1, 0.15) is 0 Å². The average Bonchev–Trinajstić information content (AvgIpc) is 2.86. The van der Waals surface area contributed by atoms with Crippen molar-refractivity contribution < 1.29 is 5.11 Å². The average molecular weight is 224 g/mol. The molecular weight excluding hydrogens is 200 g/mol. The van der Waals surface area contributed by atoms with Gasteiger partial charge in [0.05, 0.1) is 6.61 Å². The third-order valence-corrected chi connectivity index (χ3v) is 5.21. The van der Waals surface area contributed by atoms with E-state index in [2.05, 4.69) is 10.2 Å². The maximum absolute atomic E-state index is 9.70. The van der Waals surface area contributed by atoms with E-state index in [1.54, 1.807) is 0 Å². The SMILES string of the molecule is OC[C@@]12CCC[C@H]1CN(C1CCNCC1)C2. The minimum Gasteiger partial charge on any atom is -0.396 e. The highest BCUT2D eigenvalue weighted by Crippen LogP contribution is 2.49. The summed E-state index contributed by atoms with van der Waals surface area (Å²) in [4.78, 5) is 2.68. The number of aliphatic hydroxyl groups excluding tert-OH is 1. The molecule has 0 aromatic heterocycles. The molecule has 92 valence electrons. The van der Waals surface area contributed by atoms with Gasteiger partial charge in [-0.15, -0.1) is 0 Å². The van der Waals surface area contributed by atoms with Crippen LogP contribution >= 0.6 is 0 Å². The zero-order valence-electron chi connectivity index (χ0n) is 10.1. The van der Waals surface area contributed by atoms with Gasteiger partial charge in [-0.1, -0.05) is 6.42 Å². The van der Waals surface area contributed by atoms with Crippen molar-refractivity contribution >= 4 is 0 Å². The van der Waals surface area contributed by atoms with Gasteiger partial charge in [0.25, 0.3) is 0 Å². The second kappa shape index (κ2) is 4.28. The molecule has 3 fully saturated rings. The summed E-state index contributed by atoms with van der Waals surface area (Å²) in [6, 6.07) is 0.787. The fraction of sp³-hybridized carbons (Fsp3) is 1.00. The lowest BCUT2D eigenvalue weighted by Gasteiger charge is -2.33. The van der Waals surface area contributed by atoms with Crippen molar-refractivity contribution in [2.75, 3.05) is 32.8 Å². The number of rotatable bonds is 2. The van der Waals surface area contributed by atoms with Crippen molar-refractivity contribution in [1.29, 1.82) is 0 Å². The maximum atomic E-state index is 9.70. The van der Waals surface area contributed by atoms with Crippen LogP contribution < -0.4 is 5.32 Å². The van der Waals surface area contributed by atoms with Crippen LogP contribution in [0.15, 0.2) is 0 Å². The first-order chi connectivity index (χ1) is 7.84. The van der Waals surface area contributed by atoms with Gasteiger partial charge in [0, 0.05) is 24.5 Å². The number of piperidine rings is 1. The van der Waals surface area contributed by atoms with Crippen LogP contribution in [0.2, 0.25) is 0 Å². The molecule has 2 atom stereocenters. The van der Waals surface area contributed by atoms with Gasteiger partial charge in [-0.2, -0.15) is 0 Å². The fourth-order valence-corrected chi connectivity index (χ4v) is 4.16. The first-order valence-electron chi connectivity index (χ1n) is 6.90. The van der Waals surface area contributed by atoms with Crippen molar-refractivity contribution in [3.63, 3.8) is 0 Å². The van der Waals surface area contributed by atoms with Crippen LogP contribution in [0.5, 0.6) is 0 Å². The van der Waals surface area contributed by atoms with Crippen molar-refractivity contribution in [3.8, 4) is 0 Å². The van der Waals surface area contributed by atoms with Crippen LogP contribution in [0.25, 0.3) is 0 Å². The summed E-state index contributed by atoms with van der Waals surface area (Å²) in [5, 5.41) is 13.1. The van der Waals surface area contributed by atoms with Gasteiger partial charge in [-0.05, 0) is 44.7 Å². The lowest BCUT2D eigenvalue weighted by atomic mass is 9.82. The van der Waals surface area contributed by atoms with Crippen LogP contribution in [0, 0.1) is 11.3 Å². The lowest BCUT2D eigenvalue weighted by molar-refractivity contribution is 0.101. The molecular formula is C13H24N2O. The molecule has 0 unspecified atom stereocenters. The largest absolute Gasteiger partial charge is 0.396 e. The van der Waals surface area contributed by atoms with E-state index in [0.717, 1.165) is 12.0 Å². The minimum atomic E-state index is 0.283. The Labute approximate surface area is 98.2 Å². The van der Waals surface area contributed by atoms with Crippen LogP contribution in [0.1, 0.15) is 32.1 Å². The Morgan fingerprint density at radius 1 is 1.25 bits per heavy atom. The predicted molar refractivity (Wildman–Crippen MR) is 64.3 cm³/mol. The Morgan fingerprint density at radius 3 is 2.75 bits per heavy atom. The quantitative estimate of drug-likeness (QED) is 0.729. The molecule has 1 aliphatic carbocycles. The third kappa shape index (κ3) is 1.69. The molecule has 3 rings (SSSR count). The van der Waals surface area contributed by atoms with Gasteiger partial charge in [0.2, 0.25) is 0 Å². The zero-order valence-corrected chi connectivity index (χ0v) is 10.1. The van der Waals surface area contributed by atoms with Crippen molar-refractivity contribution in [3.05, 3.63) is 0 Å². The van der Waals surface area contributed by atoms with E-state index in [4.69, 9.17) is 0 Å². The molecule has 3 heteroatoms. The first kappa shape index (κ1) is 11.0. The Hall–Kier alpha value is -0.120. The van der Waals surface area contributed by atoms with Gasteiger partial charge < -0.3 is 10.4 Å². The van der Waals surface area contributed by atoms with Gasteiger partial charge >= 0.3 is 0 Å². The summed E-state index contributed by atoms with van der Waals surface area (Å²) in [5.74, 6) is 0.785. The molecule has 0 aromatic rings. The standard InChI is InChI=1S/C13H24N2O/c16-10-13-5-1-2-11(13)8-15(9-13)12-3-6-14-7-4-12/h11-12,14,16H,1-10H2/t11-,13-/m0/s1. The molecule has 16 heavy (non-hydrogen) atoms. The molecule has 3 aliphatic rings. The minimum absolute atomic E-state index is 0.283. The number of aliphatic hydroxyl groups is 1. The molecule has 0 amide bonds. The second-order valence-corrected chi connectivity index (χ2v) is 6.02. The molecule has 0 aromatic carbocycles. The number of nitrogens with zero attached hydrogens (tertiary/aromatic N) is 1. The Kier molecular flexibility index (Phi) is 2.94. The van der Waals surface area contributed by atoms with E-state index in [9.17, 15) is 5.11 Å². The highest BCUT2D eigenvalue weighted by molar-refractivity contribution is 5.02. The topological polar surface area (TPSA) is 35.5 Å². The zero-order chi connectivity index (χ0) is 11.0. The predicted octanol–water partition coefficient (Wildman–Crippen LogP) is 0.833. The van der Waals surface area contributed by atoms with Gasteiger partial charge in [0.15, 0.2) is 0 Å². The van der Waals surface area contributed by atoms with Gasteiger partial charge in [-0.25, -0.2) is 0 Å². The van der Waals surface area contributed by atoms with Crippen molar-refractivity contribution in [1.82, 2.24) is 10.2 Å². The van der Waals surface area contributed by atoms with Crippen LogP contribution in [-0.2, 0) is 0 Å². The summed E-state index contributed by atoms with van der Waals surface area (Å²) in [5.41, 5.74) is 0.283. The normalized spacial score (nSPS) is 41.4. The molecule has 0 radical (unpaired) electrons. The number of hydrogen-bond donors (Lipinski definition) is 2. The molecule has 1 saturated carbocycles. The summed E-state index contributed by atoms with van der Waals surface area (Å²) < 4.78 is 0. The van der Waals surface area contributed by atoms with E-state index in [1.807, 2.05) is 0 Å². The van der Waals surface area contributed by atoms with Gasteiger partial charge in [-0.3, -0.25) is 4.90 Å². The fourth-order valence-electron chi connectivity index (χ4n) is 4.16. The number of fused-ring (bicyclic) bond motifs is 1. The third-order valence-electron chi connectivity index (χ3n) is 5.21. The van der Waals surface area contributed by atoms with E-state index in [0.29, 0.717) is 6.61 Å². The lowest BCUT2D eigenvalue weighted by Crippen LogP contribution is -2.43. The molecule has 3 nitrogen and oxygen atoms in total. The molecule has 2 saturated heterocycles. The molecule has 2 heterocycles. The van der Waals surface area contributed by atoms with Crippen molar-refractivity contribution in [2.24, 2.45) is 11.3 Å². The highest BCUT2D eigenvalue weighted by atomic mass is 16.3. The highest BCUT2D eigenvalue weighted by Gasteiger charge is 2.50. The van der Waals surface area contributed by atoms with Crippen LogP contribution in [0.3, 0.4) is 0 Å². The molecule has 0 spiro atoms. The summed E-state index contributed by atoms with van der Waals surface area (Å²) >= 11 is 0. The smallest absolute Gasteiger partial charge is 0.0502 e. The monoisotopic (exact) mass is 224 g/mol. The summed E-state index contributed by atoms with van der Waals surface area (Å²) in [7, 11) is 0. The number of hydrogen-bond acceptors (Lipinski definition) is 3. The van der Waals surface area contributed by atoms with E-state index < -0.39 is 0 Å². The maximum Gasteiger partial charge on any atom is 0.0502 e. The van der Waals surface area contributed by atoms with E-state index >= 15 is 0 Å². The van der Waals surface area contributed by atoms with E-state index in [1.165, 1.54) is 58.3 Å². The number of nitrogens with one attached hydrogen (secondary N) is 1. The van der Waals surface area contributed by atoms with E-state index in [-0.39, 0.29) is 5.41 Å². The number of likely N-dealkylation sites (tertiary alicyclic amines) is 1. The molecule has 2 N–H and O–H groups in total. The second-order valence-electron chi connectivity index (χ2n) is 6.02. The summed E-state index contributed by atoms with van der Waals surface area (Å²) in [6.07, 6.45) is 6.55. The van der Waals surface area contributed by atoms with Crippen LogP contribution in [-0.4, -0.2) is 48.8 Å². The molecule has 0 bridgehead atoms.